The number of carbonyl (C=O) groups is 2. The molecule has 0 aromatic heterocycles. The number of alkyl halides is 3. The highest BCUT2D eigenvalue weighted by molar-refractivity contribution is 5.83. The number of rotatable bonds is 4. The van der Waals surface area contributed by atoms with Gasteiger partial charge in [-0.05, 0) is 12.8 Å². The Balaban J connectivity index is 2.67. The van der Waals surface area contributed by atoms with E-state index in [4.69, 9.17) is 0 Å². The van der Waals surface area contributed by atoms with Crippen LogP contribution in [-0.2, 0) is 14.3 Å². The van der Waals surface area contributed by atoms with E-state index in [1.807, 2.05) is 0 Å². The van der Waals surface area contributed by atoms with Crippen LogP contribution in [0.3, 0.4) is 0 Å². The molecular weight excluding hydrogens is 239 g/mol. The van der Waals surface area contributed by atoms with Crippen molar-refractivity contribution in [3.05, 3.63) is 0 Å². The molecule has 1 unspecified atom stereocenters. The van der Waals surface area contributed by atoms with E-state index in [2.05, 4.69) is 4.74 Å². The Hall–Kier alpha value is -1.27. The summed E-state index contributed by atoms with van der Waals surface area (Å²) < 4.78 is 41.4. The highest BCUT2D eigenvalue weighted by Gasteiger charge is 2.47. The number of ether oxygens (including phenoxy) is 1. The highest BCUT2D eigenvalue weighted by Crippen LogP contribution is 2.31. The van der Waals surface area contributed by atoms with Crippen LogP contribution in [-0.4, -0.2) is 42.6 Å². The molecule has 1 rings (SSSR count). The van der Waals surface area contributed by atoms with Crippen molar-refractivity contribution in [3.8, 4) is 0 Å². The Kier molecular flexibility index (Phi) is 4.00. The van der Waals surface area contributed by atoms with Crippen molar-refractivity contribution in [2.24, 2.45) is 5.92 Å². The monoisotopic (exact) mass is 253 g/mol. The van der Waals surface area contributed by atoms with Crippen LogP contribution in [0, 0.1) is 5.92 Å². The fourth-order valence-electron chi connectivity index (χ4n) is 1.52. The van der Waals surface area contributed by atoms with Crippen LogP contribution in [0.5, 0.6) is 0 Å². The lowest BCUT2D eigenvalue weighted by molar-refractivity contribution is -0.187. The fourth-order valence-corrected chi connectivity index (χ4v) is 1.52. The number of halogens is 3. The van der Waals surface area contributed by atoms with Gasteiger partial charge in [-0.25, -0.2) is 0 Å². The van der Waals surface area contributed by atoms with Gasteiger partial charge in [0, 0.05) is 12.6 Å². The number of amides is 1. The van der Waals surface area contributed by atoms with E-state index >= 15 is 0 Å². The van der Waals surface area contributed by atoms with Gasteiger partial charge in [-0.1, -0.05) is 6.92 Å². The molecule has 1 aliphatic carbocycles. The first-order chi connectivity index (χ1) is 7.77. The highest BCUT2D eigenvalue weighted by atomic mass is 19.4. The van der Waals surface area contributed by atoms with Gasteiger partial charge in [0.1, 0.15) is 0 Å². The summed E-state index contributed by atoms with van der Waals surface area (Å²) in [7, 11) is 1.16. The summed E-state index contributed by atoms with van der Waals surface area (Å²) in [6, 6.07) is -0.392. The first-order valence-electron chi connectivity index (χ1n) is 5.23. The normalized spacial score (nSPS) is 17.5. The van der Waals surface area contributed by atoms with E-state index < -0.39 is 30.0 Å². The van der Waals surface area contributed by atoms with Gasteiger partial charge >= 0.3 is 18.1 Å². The van der Waals surface area contributed by atoms with E-state index in [9.17, 15) is 22.8 Å². The zero-order chi connectivity index (χ0) is 13.2. The van der Waals surface area contributed by atoms with E-state index in [0.29, 0.717) is 12.8 Å². The van der Waals surface area contributed by atoms with Gasteiger partial charge in [0.05, 0.1) is 13.0 Å². The molecule has 0 spiro atoms. The molecule has 0 aliphatic heterocycles. The maximum Gasteiger partial charge on any atom is 0.471 e. The zero-order valence-corrected chi connectivity index (χ0v) is 9.58. The van der Waals surface area contributed by atoms with E-state index in [-0.39, 0.29) is 6.54 Å². The Morgan fingerprint density at radius 3 is 2.29 bits per heavy atom. The molecule has 1 aliphatic rings. The first-order valence-corrected chi connectivity index (χ1v) is 5.23. The number of nitrogens with zero attached hydrogens (tertiary/aromatic N) is 1. The van der Waals surface area contributed by atoms with E-state index in [1.54, 1.807) is 0 Å². The molecular formula is C10H14F3NO3. The molecule has 1 amide bonds. The van der Waals surface area contributed by atoms with Crippen molar-refractivity contribution < 1.29 is 27.5 Å². The molecule has 0 aromatic rings. The summed E-state index contributed by atoms with van der Waals surface area (Å²) in [4.78, 5) is 23.0. The molecule has 7 heteroatoms. The van der Waals surface area contributed by atoms with Gasteiger partial charge in [-0.2, -0.15) is 13.2 Å². The number of hydrogen-bond acceptors (Lipinski definition) is 3. The lowest BCUT2D eigenvalue weighted by Crippen LogP contribution is -2.45. The summed E-state index contributed by atoms with van der Waals surface area (Å²) in [5.41, 5.74) is 0. The summed E-state index contributed by atoms with van der Waals surface area (Å²) in [6.07, 6.45) is -3.79. The Bertz CT molecular complexity index is 312. The van der Waals surface area contributed by atoms with Crippen molar-refractivity contribution in [1.29, 1.82) is 0 Å². The molecule has 17 heavy (non-hydrogen) atoms. The third-order valence-electron chi connectivity index (χ3n) is 2.57. The second kappa shape index (κ2) is 4.93. The van der Waals surface area contributed by atoms with Crippen molar-refractivity contribution in [2.45, 2.75) is 32.0 Å². The molecule has 4 nitrogen and oxygen atoms in total. The number of hydrogen-bond donors (Lipinski definition) is 0. The van der Waals surface area contributed by atoms with Gasteiger partial charge in [0.2, 0.25) is 0 Å². The van der Waals surface area contributed by atoms with Gasteiger partial charge in [0.25, 0.3) is 0 Å². The topological polar surface area (TPSA) is 46.6 Å². The average Bonchev–Trinajstić information content (AvgIpc) is 3.05. The smallest absolute Gasteiger partial charge is 0.469 e. The first kappa shape index (κ1) is 13.8. The van der Waals surface area contributed by atoms with Gasteiger partial charge in [-0.3, -0.25) is 9.59 Å². The Morgan fingerprint density at radius 1 is 1.41 bits per heavy atom. The number of esters is 1. The largest absolute Gasteiger partial charge is 0.471 e. The van der Waals surface area contributed by atoms with Crippen LogP contribution < -0.4 is 0 Å². The zero-order valence-electron chi connectivity index (χ0n) is 9.58. The molecule has 1 saturated carbocycles. The standard InChI is InChI=1S/C10H14F3NO3/c1-6(8(15)17-2)5-14(7-3-4-7)9(16)10(11,12)13/h6-7H,3-5H2,1-2H3. The molecule has 0 radical (unpaired) electrons. The second-order valence-corrected chi connectivity index (χ2v) is 4.11. The Labute approximate surface area is 96.7 Å². The van der Waals surface area contributed by atoms with Crippen molar-refractivity contribution in [1.82, 2.24) is 4.90 Å². The third kappa shape index (κ3) is 3.61. The minimum absolute atomic E-state index is 0.254. The molecule has 0 saturated heterocycles. The van der Waals surface area contributed by atoms with Crippen molar-refractivity contribution in [3.63, 3.8) is 0 Å². The molecule has 0 aromatic carbocycles. The number of carbonyl (C=O) groups excluding carboxylic acids is 2. The number of methoxy groups -OCH3 is 1. The summed E-state index contributed by atoms with van der Waals surface area (Å²) >= 11 is 0. The maximum atomic E-state index is 12.3. The Morgan fingerprint density at radius 2 is 1.94 bits per heavy atom. The summed E-state index contributed by atoms with van der Waals surface area (Å²) in [5.74, 6) is -3.26. The second-order valence-electron chi connectivity index (χ2n) is 4.11. The molecule has 1 fully saturated rings. The van der Waals surface area contributed by atoms with Crippen molar-refractivity contribution >= 4 is 11.9 Å². The van der Waals surface area contributed by atoms with Crippen LogP contribution in [0.1, 0.15) is 19.8 Å². The van der Waals surface area contributed by atoms with Crippen LogP contribution in [0.15, 0.2) is 0 Å². The molecule has 0 N–H and O–H groups in total. The third-order valence-corrected chi connectivity index (χ3v) is 2.57. The minimum atomic E-state index is -4.89. The van der Waals surface area contributed by atoms with Crippen LogP contribution in [0.4, 0.5) is 13.2 Å². The van der Waals surface area contributed by atoms with E-state index in [0.717, 1.165) is 12.0 Å². The van der Waals surface area contributed by atoms with Crippen LogP contribution in [0.25, 0.3) is 0 Å². The molecule has 0 bridgehead atoms. The quantitative estimate of drug-likeness (QED) is 0.710. The summed E-state index contributed by atoms with van der Waals surface area (Å²) in [5, 5.41) is 0. The SMILES string of the molecule is COC(=O)C(C)CN(C(=O)C(F)(F)F)C1CC1. The van der Waals surface area contributed by atoms with Crippen LogP contribution >= 0.6 is 0 Å². The van der Waals surface area contributed by atoms with E-state index in [1.165, 1.54) is 6.92 Å². The molecule has 98 valence electrons. The van der Waals surface area contributed by atoms with Gasteiger partial charge in [0.15, 0.2) is 0 Å². The minimum Gasteiger partial charge on any atom is -0.469 e. The fraction of sp³-hybridized carbons (Fsp3) is 0.800. The lowest BCUT2D eigenvalue weighted by atomic mass is 10.1. The molecule has 0 heterocycles. The maximum absolute atomic E-state index is 12.3. The predicted molar refractivity (Wildman–Crippen MR) is 52.0 cm³/mol. The average molecular weight is 253 g/mol. The predicted octanol–water partition coefficient (Wildman–Crippen LogP) is 1.35. The van der Waals surface area contributed by atoms with Crippen LogP contribution in [0.2, 0.25) is 0 Å². The summed E-state index contributed by atoms with van der Waals surface area (Å²) in [6.45, 7) is 1.18. The van der Waals surface area contributed by atoms with Gasteiger partial charge < -0.3 is 9.64 Å². The van der Waals surface area contributed by atoms with Crippen molar-refractivity contribution in [2.75, 3.05) is 13.7 Å². The lowest BCUT2D eigenvalue weighted by Gasteiger charge is -2.25. The van der Waals surface area contributed by atoms with Gasteiger partial charge in [-0.15, -0.1) is 0 Å². The molecule has 1 atom stereocenters.